The summed E-state index contributed by atoms with van der Waals surface area (Å²) >= 11 is 0. The molecular weight excluding hydrogens is 397 g/mol. The third kappa shape index (κ3) is 4.05. The minimum atomic E-state index is -0.401. The molecule has 1 saturated heterocycles. The fourth-order valence-electron chi connectivity index (χ4n) is 4.87. The standard InChI is InChI=1S/C24H24FN3O3/c25-20-3-1-16(2-4-20)10-26-23(29)21-5-6-22-19-9-18(13-28(22)24(21)30)12-27(14-19)11-17-7-8-31-15-17/h1-8,15,18-19H,9-14H2,(H,26,29)/t18-,19+/m0/s1. The SMILES string of the molecule is O=C(NCc1ccc(F)cc1)c1ccc2n(c1=O)C[C@H]1C[C@@H]2CN(Cc2ccoc2)C1. The number of furan rings is 1. The monoisotopic (exact) mass is 421 g/mol. The second kappa shape index (κ2) is 8.15. The average molecular weight is 421 g/mol. The van der Waals surface area contributed by atoms with E-state index in [1.54, 1.807) is 35.3 Å². The van der Waals surface area contributed by atoms with E-state index in [-0.39, 0.29) is 29.4 Å². The van der Waals surface area contributed by atoms with Gasteiger partial charge in [-0.1, -0.05) is 12.1 Å². The lowest BCUT2D eigenvalue weighted by Crippen LogP contribution is -2.47. The number of hydrogen-bond donors (Lipinski definition) is 1. The molecule has 6 nitrogen and oxygen atoms in total. The van der Waals surface area contributed by atoms with Crippen molar-refractivity contribution in [1.82, 2.24) is 14.8 Å². The molecule has 2 atom stereocenters. The molecule has 0 saturated carbocycles. The zero-order valence-electron chi connectivity index (χ0n) is 17.1. The van der Waals surface area contributed by atoms with Gasteiger partial charge in [0.25, 0.3) is 11.5 Å². The van der Waals surface area contributed by atoms with E-state index in [0.29, 0.717) is 12.5 Å². The highest BCUT2D eigenvalue weighted by Crippen LogP contribution is 2.35. The molecule has 2 aromatic heterocycles. The lowest BCUT2D eigenvalue weighted by Gasteiger charge is -2.42. The minimum absolute atomic E-state index is 0.154. The number of pyridine rings is 1. The number of carbonyl (C=O) groups is 1. The van der Waals surface area contributed by atoms with Gasteiger partial charge in [-0.25, -0.2) is 4.39 Å². The second-order valence-electron chi connectivity index (χ2n) is 8.52. The van der Waals surface area contributed by atoms with Crippen molar-refractivity contribution < 1.29 is 13.6 Å². The maximum Gasteiger partial charge on any atom is 0.263 e. The Labute approximate surface area is 179 Å². The summed E-state index contributed by atoms with van der Waals surface area (Å²) in [5.74, 6) is -0.0596. The van der Waals surface area contributed by atoms with Crippen LogP contribution in [0.25, 0.3) is 0 Å². The summed E-state index contributed by atoms with van der Waals surface area (Å²) in [6.45, 7) is 3.53. The van der Waals surface area contributed by atoms with Crippen molar-refractivity contribution in [2.45, 2.75) is 32.0 Å². The van der Waals surface area contributed by atoms with Crippen LogP contribution < -0.4 is 10.9 Å². The first kappa shape index (κ1) is 19.8. The molecule has 31 heavy (non-hydrogen) atoms. The third-order valence-corrected chi connectivity index (χ3v) is 6.28. The van der Waals surface area contributed by atoms with E-state index >= 15 is 0 Å². The number of amides is 1. The molecule has 5 rings (SSSR count). The van der Waals surface area contributed by atoms with Crippen LogP contribution in [0.4, 0.5) is 4.39 Å². The van der Waals surface area contributed by atoms with Crippen molar-refractivity contribution in [2.75, 3.05) is 13.1 Å². The van der Waals surface area contributed by atoms with Crippen LogP contribution in [0.1, 0.15) is 39.5 Å². The number of carbonyl (C=O) groups excluding carboxylic acids is 1. The van der Waals surface area contributed by atoms with Crippen molar-refractivity contribution in [3.8, 4) is 0 Å². The summed E-state index contributed by atoms with van der Waals surface area (Å²) in [5, 5.41) is 2.77. The topological polar surface area (TPSA) is 67.5 Å². The zero-order valence-corrected chi connectivity index (χ0v) is 17.1. The number of aromatic nitrogens is 1. The van der Waals surface area contributed by atoms with Crippen LogP contribution in [-0.2, 0) is 19.6 Å². The Kier molecular flexibility index (Phi) is 5.19. The van der Waals surface area contributed by atoms with E-state index < -0.39 is 5.91 Å². The van der Waals surface area contributed by atoms with E-state index in [1.165, 1.54) is 12.1 Å². The highest BCUT2D eigenvalue weighted by atomic mass is 19.1. The van der Waals surface area contributed by atoms with E-state index in [1.807, 2.05) is 12.1 Å². The maximum atomic E-state index is 13.1. The van der Waals surface area contributed by atoms with Gasteiger partial charge in [0.15, 0.2) is 0 Å². The highest BCUT2D eigenvalue weighted by molar-refractivity contribution is 5.93. The smallest absolute Gasteiger partial charge is 0.263 e. The molecule has 1 N–H and O–H groups in total. The zero-order chi connectivity index (χ0) is 21.4. The van der Waals surface area contributed by atoms with Crippen LogP contribution in [0.5, 0.6) is 0 Å². The van der Waals surface area contributed by atoms with Crippen LogP contribution in [0.3, 0.4) is 0 Å². The second-order valence-corrected chi connectivity index (χ2v) is 8.52. The normalized spacial score (nSPS) is 20.3. The van der Waals surface area contributed by atoms with Crippen LogP contribution in [0.2, 0.25) is 0 Å². The lowest BCUT2D eigenvalue weighted by molar-refractivity contribution is 0.0944. The summed E-state index contributed by atoms with van der Waals surface area (Å²) in [6.07, 6.45) is 4.54. The van der Waals surface area contributed by atoms with Gasteiger partial charge in [0, 0.05) is 49.9 Å². The molecule has 0 spiro atoms. The lowest BCUT2D eigenvalue weighted by atomic mass is 9.83. The van der Waals surface area contributed by atoms with E-state index in [4.69, 9.17) is 4.42 Å². The van der Waals surface area contributed by atoms with E-state index in [2.05, 4.69) is 10.2 Å². The number of nitrogens with zero attached hydrogens (tertiary/aromatic N) is 2. The Morgan fingerprint density at radius 1 is 1.06 bits per heavy atom. The Bertz CT molecular complexity index is 1140. The molecule has 0 aliphatic carbocycles. The summed E-state index contributed by atoms with van der Waals surface area (Å²) in [5.41, 5.74) is 2.87. The van der Waals surface area contributed by atoms with Crippen molar-refractivity contribution in [1.29, 1.82) is 0 Å². The quantitative estimate of drug-likeness (QED) is 0.687. The molecule has 3 aromatic rings. The number of piperidine rings is 1. The van der Waals surface area contributed by atoms with Crippen molar-refractivity contribution in [3.05, 3.63) is 93.5 Å². The molecule has 4 heterocycles. The van der Waals surface area contributed by atoms with Gasteiger partial charge in [0.2, 0.25) is 0 Å². The van der Waals surface area contributed by atoms with Gasteiger partial charge in [-0.15, -0.1) is 0 Å². The Morgan fingerprint density at radius 3 is 2.68 bits per heavy atom. The van der Waals surface area contributed by atoms with Crippen molar-refractivity contribution >= 4 is 5.91 Å². The van der Waals surface area contributed by atoms with Gasteiger partial charge in [-0.3, -0.25) is 14.5 Å². The van der Waals surface area contributed by atoms with Gasteiger partial charge in [-0.05, 0) is 48.2 Å². The Balaban J connectivity index is 1.31. The molecule has 160 valence electrons. The van der Waals surface area contributed by atoms with Gasteiger partial charge >= 0.3 is 0 Å². The molecular formula is C24H24FN3O3. The number of halogens is 1. The summed E-state index contributed by atoms with van der Waals surface area (Å²) in [6, 6.07) is 11.5. The first-order valence-corrected chi connectivity index (χ1v) is 10.6. The van der Waals surface area contributed by atoms with Gasteiger partial charge in [0.1, 0.15) is 11.4 Å². The fourth-order valence-corrected chi connectivity index (χ4v) is 4.87. The Morgan fingerprint density at radius 2 is 1.90 bits per heavy atom. The third-order valence-electron chi connectivity index (χ3n) is 6.28. The minimum Gasteiger partial charge on any atom is -0.472 e. The van der Waals surface area contributed by atoms with Crippen LogP contribution in [-0.4, -0.2) is 28.5 Å². The van der Waals surface area contributed by atoms with Gasteiger partial charge < -0.3 is 14.3 Å². The van der Waals surface area contributed by atoms with Crippen LogP contribution >= 0.6 is 0 Å². The predicted octanol–water partition coefficient (Wildman–Crippen LogP) is 3.13. The fraction of sp³-hybridized carbons (Fsp3) is 0.333. The van der Waals surface area contributed by atoms with E-state index in [9.17, 15) is 14.0 Å². The molecule has 2 aliphatic heterocycles. The first-order valence-electron chi connectivity index (χ1n) is 10.6. The average Bonchev–Trinajstić information content (AvgIpc) is 3.27. The molecule has 2 aliphatic rings. The van der Waals surface area contributed by atoms with Crippen molar-refractivity contribution in [2.24, 2.45) is 5.92 Å². The van der Waals surface area contributed by atoms with Crippen LogP contribution in [0.15, 0.2) is 64.2 Å². The molecule has 1 amide bonds. The molecule has 1 aromatic carbocycles. The van der Waals surface area contributed by atoms with E-state index in [0.717, 1.165) is 42.9 Å². The molecule has 7 heteroatoms. The highest BCUT2D eigenvalue weighted by Gasteiger charge is 2.35. The van der Waals surface area contributed by atoms with Gasteiger partial charge in [-0.2, -0.15) is 0 Å². The molecule has 2 bridgehead atoms. The number of hydrogen-bond acceptors (Lipinski definition) is 4. The van der Waals surface area contributed by atoms with Gasteiger partial charge in [0.05, 0.1) is 12.5 Å². The molecule has 0 radical (unpaired) electrons. The number of fused-ring (bicyclic) bond motifs is 4. The number of nitrogens with one attached hydrogen (secondary N) is 1. The number of rotatable bonds is 5. The van der Waals surface area contributed by atoms with Crippen molar-refractivity contribution in [3.63, 3.8) is 0 Å². The number of benzene rings is 1. The van der Waals surface area contributed by atoms with Crippen LogP contribution in [0, 0.1) is 11.7 Å². The summed E-state index contributed by atoms with van der Waals surface area (Å²) in [7, 11) is 0. The number of likely N-dealkylation sites (tertiary alicyclic amines) is 1. The summed E-state index contributed by atoms with van der Waals surface area (Å²) in [4.78, 5) is 28.2. The molecule has 0 unspecified atom stereocenters. The summed E-state index contributed by atoms with van der Waals surface area (Å²) < 4.78 is 20.0. The first-order chi connectivity index (χ1) is 15.1. The predicted molar refractivity (Wildman–Crippen MR) is 113 cm³/mol. The Hall–Kier alpha value is -3.19. The largest absolute Gasteiger partial charge is 0.472 e. The molecule has 1 fully saturated rings. The maximum absolute atomic E-state index is 13.1.